The van der Waals surface area contributed by atoms with Crippen LogP contribution in [0.25, 0.3) is 22.6 Å². The van der Waals surface area contributed by atoms with Crippen LogP contribution in [0.4, 0.5) is 0 Å². The zero-order valence-electron chi connectivity index (χ0n) is 14.8. The maximum absolute atomic E-state index is 13.2. The predicted molar refractivity (Wildman–Crippen MR) is 95.1 cm³/mol. The number of rotatable bonds is 5. The van der Waals surface area contributed by atoms with Crippen molar-refractivity contribution >= 4 is 23.0 Å². The molecule has 27 heavy (non-hydrogen) atoms. The predicted octanol–water partition coefficient (Wildman–Crippen LogP) is 2.98. The van der Waals surface area contributed by atoms with Gasteiger partial charge in [-0.05, 0) is 31.0 Å². The Bertz CT molecular complexity index is 992. The molecule has 0 bridgehead atoms. The van der Waals surface area contributed by atoms with Gasteiger partial charge in [0.15, 0.2) is 5.76 Å². The minimum atomic E-state index is -0.877. The second-order valence-corrected chi connectivity index (χ2v) is 6.67. The number of likely N-dealkylation sites (tertiary alicyclic amines) is 1. The number of nitrogens with zero attached hydrogens (tertiary/aromatic N) is 3. The number of hydrogen-bond donors (Lipinski definition) is 1. The number of fused-ring (bicyclic) bond motifs is 1. The Balaban J connectivity index is 1.80. The molecule has 8 heteroatoms. The van der Waals surface area contributed by atoms with Crippen LogP contribution in [0, 0.1) is 5.92 Å². The van der Waals surface area contributed by atoms with Crippen LogP contribution in [-0.4, -0.2) is 45.1 Å². The zero-order valence-corrected chi connectivity index (χ0v) is 14.8. The first-order valence-electron chi connectivity index (χ1n) is 8.93. The molecule has 3 aromatic rings. The molecule has 1 N–H and O–H groups in total. The first-order valence-corrected chi connectivity index (χ1v) is 8.93. The number of aliphatic carboxylic acids is 1. The van der Waals surface area contributed by atoms with Crippen molar-refractivity contribution in [3.63, 3.8) is 0 Å². The Morgan fingerprint density at radius 3 is 2.93 bits per heavy atom. The summed E-state index contributed by atoms with van der Waals surface area (Å²) in [6, 6.07) is 5.17. The average molecular weight is 369 g/mol. The Morgan fingerprint density at radius 2 is 2.26 bits per heavy atom. The van der Waals surface area contributed by atoms with Gasteiger partial charge in [-0.3, -0.25) is 9.59 Å². The maximum atomic E-state index is 13.2. The summed E-state index contributed by atoms with van der Waals surface area (Å²) >= 11 is 0. The van der Waals surface area contributed by atoms with E-state index in [2.05, 4.69) is 10.1 Å². The third-order valence-electron chi connectivity index (χ3n) is 4.83. The number of pyridine rings is 1. The summed E-state index contributed by atoms with van der Waals surface area (Å²) in [7, 11) is 0. The van der Waals surface area contributed by atoms with E-state index >= 15 is 0 Å². The van der Waals surface area contributed by atoms with Gasteiger partial charge in [-0.25, -0.2) is 4.98 Å². The first-order chi connectivity index (χ1) is 13.1. The Labute approximate surface area is 154 Å². The molecule has 1 aliphatic heterocycles. The molecule has 3 aromatic heterocycles. The summed E-state index contributed by atoms with van der Waals surface area (Å²) in [5.41, 5.74) is 1.86. The monoisotopic (exact) mass is 369 g/mol. The Morgan fingerprint density at radius 1 is 1.41 bits per heavy atom. The average Bonchev–Trinajstić information content (AvgIpc) is 3.41. The molecule has 1 saturated heterocycles. The van der Waals surface area contributed by atoms with Crippen LogP contribution in [0.5, 0.6) is 0 Å². The van der Waals surface area contributed by atoms with Crippen LogP contribution < -0.4 is 0 Å². The number of hydrogen-bond acceptors (Lipinski definition) is 6. The number of aryl methyl sites for hydroxylation is 1. The third kappa shape index (κ3) is 3.07. The zero-order chi connectivity index (χ0) is 19.0. The normalized spacial score (nSPS) is 16.9. The van der Waals surface area contributed by atoms with Gasteiger partial charge in [0.2, 0.25) is 0 Å². The highest BCUT2D eigenvalue weighted by Gasteiger charge is 2.33. The van der Waals surface area contributed by atoms with E-state index in [0.717, 1.165) is 6.42 Å². The van der Waals surface area contributed by atoms with E-state index in [-0.39, 0.29) is 18.2 Å². The van der Waals surface area contributed by atoms with Crippen molar-refractivity contribution in [2.75, 3.05) is 13.1 Å². The van der Waals surface area contributed by atoms with Gasteiger partial charge in [0, 0.05) is 13.1 Å². The Hall–Kier alpha value is -3.16. The number of carbonyl (C=O) groups excluding carboxylic acids is 1. The summed E-state index contributed by atoms with van der Waals surface area (Å²) in [6.45, 7) is 2.62. The second kappa shape index (κ2) is 6.86. The van der Waals surface area contributed by atoms with E-state index in [1.165, 1.54) is 6.26 Å². The summed E-state index contributed by atoms with van der Waals surface area (Å²) in [5, 5.41) is 13.9. The number of carboxylic acids is 1. The number of carboxylic acid groups (broad SMARTS) is 1. The van der Waals surface area contributed by atoms with Gasteiger partial charge in [0.25, 0.3) is 11.6 Å². The molecule has 140 valence electrons. The number of carbonyl (C=O) groups is 2. The van der Waals surface area contributed by atoms with Gasteiger partial charge in [-0.15, -0.1) is 0 Å². The van der Waals surface area contributed by atoms with Crippen molar-refractivity contribution in [1.29, 1.82) is 0 Å². The standard InChI is InChI=1S/C19H19N3O5/c1-2-4-13-16-12(18(23)22-7-6-11(10-22)19(24)25)9-14(15-5-3-8-26-15)20-17(16)27-21-13/h3,5,8-9,11H,2,4,6-7,10H2,1H3,(H,24,25)/t11-/m0/s1. The fraction of sp³-hybridized carbons (Fsp3) is 0.368. The maximum Gasteiger partial charge on any atom is 0.308 e. The summed E-state index contributed by atoms with van der Waals surface area (Å²) in [5.74, 6) is -1.13. The molecule has 4 rings (SSSR count). The summed E-state index contributed by atoms with van der Waals surface area (Å²) in [4.78, 5) is 30.5. The van der Waals surface area contributed by atoms with E-state index < -0.39 is 11.9 Å². The van der Waals surface area contributed by atoms with Crippen molar-refractivity contribution < 1.29 is 23.6 Å². The van der Waals surface area contributed by atoms with Crippen LogP contribution in [0.15, 0.2) is 33.4 Å². The van der Waals surface area contributed by atoms with Crippen molar-refractivity contribution in [2.24, 2.45) is 5.92 Å². The van der Waals surface area contributed by atoms with Crippen molar-refractivity contribution in [1.82, 2.24) is 15.0 Å². The molecular formula is C19H19N3O5. The van der Waals surface area contributed by atoms with Crippen LogP contribution >= 0.6 is 0 Å². The summed E-state index contributed by atoms with van der Waals surface area (Å²) in [6.07, 6.45) is 3.49. The molecule has 0 aromatic carbocycles. The number of amides is 1. The highest BCUT2D eigenvalue weighted by molar-refractivity contribution is 6.07. The molecule has 1 fully saturated rings. The van der Waals surface area contributed by atoms with Crippen LogP contribution in [0.2, 0.25) is 0 Å². The van der Waals surface area contributed by atoms with E-state index in [1.54, 1.807) is 23.1 Å². The van der Waals surface area contributed by atoms with E-state index in [4.69, 9.17) is 8.94 Å². The lowest BCUT2D eigenvalue weighted by molar-refractivity contribution is -0.141. The molecule has 0 saturated carbocycles. The molecule has 0 unspecified atom stereocenters. The largest absolute Gasteiger partial charge is 0.481 e. The molecular weight excluding hydrogens is 350 g/mol. The topological polar surface area (TPSA) is 110 Å². The molecule has 1 atom stereocenters. The highest BCUT2D eigenvalue weighted by Crippen LogP contribution is 2.30. The molecule has 0 aliphatic carbocycles. The fourth-order valence-electron chi connectivity index (χ4n) is 3.45. The van der Waals surface area contributed by atoms with E-state index in [0.29, 0.717) is 47.5 Å². The molecule has 8 nitrogen and oxygen atoms in total. The van der Waals surface area contributed by atoms with Gasteiger partial charge in [0.1, 0.15) is 5.69 Å². The van der Waals surface area contributed by atoms with Crippen molar-refractivity contribution in [3.8, 4) is 11.5 Å². The lowest BCUT2D eigenvalue weighted by Crippen LogP contribution is -2.30. The molecule has 1 amide bonds. The smallest absolute Gasteiger partial charge is 0.308 e. The van der Waals surface area contributed by atoms with Crippen molar-refractivity contribution in [3.05, 3.63) is 35.7 Å². The second-order valence-electron chi connectivity index (χ2n) is 6.67. The highest BCUT2D eigenvalue weighted by atomic mass is 16.5. The molecule has 4 heterocycles. The van der Waals surface area contributed by atoms with Crippen LogP contribution in [-0.2, 0) is 11.2 Å². The number of furan rings is 1. The van der Waals surface area contributed by atoms with Crippen LogP contribution in [0.1, 0.15) is 35.8 Å². The summed E-state index contributed by atoms with van der Waals surface area (Å²) < 4.78 is 10.8. The fourth-order valence-corrected chi connectivity index (χ4v) is 3.45. The van der Waals surface area contributed by atoms with Gasteiger partial charge < -0.3 is 18.9 Å². The minimum Gasteiger partial charge on any atom is -0.481 e. The van der Waals surface area contributed by atoms with Gasteiger partial charge in [-0.2, -0.15) is 0 Å². The SMILES string of the molecule is CCCc1noc2nc(-c3ccco3)cc(C(=O)N3CC[C@H](C(=O)O)C3)c12. The lowest BCUT2D eigenvalue weighted by atomic mass is 10.0. The van der Waals surface area contributed by atoms with E-state index in [1.807, 2.05) is 6.92 Å². The van der Waals surface area contributed by atoms with Crippen molar-refractivity contribution in [2.45, 2.75) is 26.2 Å². The lowest BCUT2D eigenvalue weighted by Gasteiger charge is -2.16. The first kappa shape index (κ1) is 17.3. The molecule has 0 spiro atoms. The quantitative estimate of drug-likeness (QED) is 0.736. The van der Waals surface area contributed by atoms with Gasteiger partial charge in [0.05, 0.1) is 28.8 Å². The molecule has 0 radical (unpaired) electrons. The van der Waals surface area contributed by atoms with Gasteiger partial charge >= 0.3 is 5.97 Å². The third-order valence-corrected chi connectivity index (χ3v) is 4.83. The number of aromatic nitrogens is 2. The Kier molecular flexibility index (Phi) is 4.39. The van der Waals surface area contributed by atoms with Gasteiger partial charge in [-0.1, -0.05) is 18.5 Å². The minimum absolute atomic E-state index is 0.197. The molecule has 1 aliphatic rings. The van der Waals surface area contributed by atoms with E-state index in [9.17, 15) is 14.7 Å². The van der Waals surface area contributed by atoms with Crippen LogP contribution in [0.3, 0.4) is 0 Å².